The van der Waals surface area contributed by atoms with Crippen LogP contribution in [0.3, 0.4) is 0 Å². The number of rotatable bonds is 4. The van der Waals surface area contributed by atoms with E-state index in [0.717, 1.165) is 23.2 Å². The lowest BCUT2D eigenvalue weighted by molar-refractivity contribution is -0.0953. The molecule has 2 aliphatic rings. The quantitative estimate of drug-likeness (QED) is 0.602. The first-order valence-electron chi connectivity index (χ1n) is 10.3. The molecule has 0 N–H and O–H groups in total. The fourth-order valence-corrected chi connectivity index (χ4v) is 4.98. The Morgan fingerprint density at radius 1 is 1.18 bits per heavy atom. The average Bonchev–Trinajstić information content (AvgIpc) is 3.23. The summed E-state index contributed by atoms with van der Waals surface area (Å²) >= 11 is 0. The second-order valence-corrected chi connectivity index (χ2v) is 10.1. The van der Waals surface area contributed by atoms with Crippen LogP contribution in [0.25, 0.3) is 11.3 Å². The molecule has 0 fully saturated rings. The first-order valence-corrected chi connectivity index (χ1v) is 12.0. The van der Waals surface area contributed by atoms with E-state index in [2.05, 4.69) is 9.97 Å². The fraction of sp³-hybridized carbons (Fsp3) is 0.318. The predicted molar refractivity (Wildman–Crippen MR) is 115 cm³/mol. The zero-order chi connectivity index (χ0) is 24.8. The van der Waals surface area contributed by atoms with Gasteiger partial charge in [0.05, 0.1) is 33.8 Å². The molecular formula is C22H20F4N4O3S. The van der Waals surface area contributed by atoms with Gasteiger partial charge in [0.15, 0.2) is 9.84 Å². The molecule has 0 bridgehead atoms. The molecule has 0 aliphatic carbocycles. The lowest BCUT2D eigenvalue weighted by atomic mass is 10.1. The molecule has 0 saturated carbocycles. The van der Waals surface area contributed by atoms with Crippen molar-refractivity contribution in [2.75, 3.05) is 25.9 Å². The Labute approximate surface area is 193 Å². The molecule has 0 unspecified atom stereocenters. The van der Waals surface area contributed by atoms with Crippen LogP contribution in [-0.4, -0.2) is 66.2 Å². The lowest BCUT2D eigenvalue weighted by Gasteiger charge is -2.29. The highest BCUT2D eigenvalue weighted by Crippen LogP contribution is 2.38. The number of alkyl halides is 3. The number of nitrogens with zero attached hydrogens (tertiary/aromatic N) is 4. The van der Waals surface area contributed by atoms with Crippen LogP contribution in [0.5, 0.6) is 0 Å². The van der Waals surface area contributed by atoms with E-state index in [-0.39, 0.29) is 40.7 Å². The summed E-state index contributed by atoms with van der Waals surface area (Å²) in [5, 5.41) is 0. The van der Waals surface area contributed by atoms with Gasteiger partial charge in [-0.05, 0) is 24.3 Å². The van der Waals surface area contributed by atoms with Gasteiger partial charge in [0.25, 0.3) is 5.91 Å². The van der Waals surface area contributed by atoms with Gasteiger partial charge in [0, 0.05) is 44.0 Å². The van der Waals surface area contributed by atoms with Crippen LogP contribution < -0.4 is 0 Å². The number of carbonyl (C=O) groups is 1. The molecule has 2 aromatic rings. The van der Waals surface area contributed by atoms with Gasteiger partial charge in [-0.25, -0.2) is 17.8 Å². The number of hydrogen-bond acceptors (Lipinski definition) is 6. The molecule has 0 atom stereocenters. The van der Waals surface area contributed by atoms with Crippen LogP contribution in [0.1, 0.15) is 23.8 Å². The second-order valence-electron chi connectivity index (χ2n) is 7.90. The number of aromatic nitrogens is 2. The predicted octanol–water partition coefficient (Wildman–Crippen LogP) is 3.57. The third-order valence-corrected chi connectivity index (χ3v) is 7.48. The highest BCUT2D eigenvalue weighted by Gasteiger charge is 2.41. The zero-order valence-electron chi connectivity index (χ0n) is 18.2. The maximum atomic E-state index is 13.4. The van der Waals surface area contributed by atoms with Gasteiger partial charge in [0.1, 0.15) is 11.5 Å². The molecule has 34 heavy (non-hydrogen) atoms. The molecule has 0 aromatic carbocycles. The number of hydrogen-bond donors (Lipinski definition) is 0. The smallest absolute Gasteiger partial charge is 0.372 e. The Bertz CT molecular complexity index is 1320. The Kier molecular flexibility index (Phi) is 5.96. The van der Waals surface area contributed by atoms with Gasteiger partial charge in [-0.2, -0.15) is 13.2 Å². The van der Waals surface area contributed by atoms with Crippen LogP contribution in [0.2, 0.25) is 0 Å². The summed E-state index contributed by atoms with van der Waals surface area (Å²) in [4.78, 5) is 23.6. The number of allylic oxidation sites excluding steroid dienone is 1. The molecule has 12 heteroatoms. The van der Waals surface area contributed by atoms with Gasteiger partial charge < -0.3 is 9.80 Å². The minimum absolute atomic E-state index is 0.0806. The highest BCUT2D eigenvalue weighted by molar-refractivity contribution is 7.91. The molecule has 0 saturated heterocycles. The molecule has 2 aliphatic heterocycles. The van der Waals surface area contributed by atoms with Crippen LogP contribution >= 0.6 is 0 Å². The second kappa shape index (κ2) is 8.49. The number of amides is 1. The first kappa shape index (κ1) is 23.9. The molecule has 4 rings (SSSR count). The van der Waals surface area contributed by atoms with Crippen molar-refractivity contribution >= 4 is 15.7 Å². The Hall–Kier alpha value is -3.28. The van der Waals surface area contributed by atoms with Gasteiger partial charge in [-0.1, -0.05) is 6.92 Å². The van der Waals surface area contributed by atoms with Crippen molar-refractivity contribution in [3.63, 3.8) is 0 Å². The van der Waals surface area contributed by atoms with E-state index in [1.165, 1.54) is 37.2 Å². The Balaban J connectivity index is 1.79. The van der Waals surface area contributed by atoms with Crippen LogP contribution in [0.4, 0.5) is 17.6 Å². The van der Waals surface area contributed by atoms with E-state index < -0.39 is 39.0 Å². The van der Waals surface area contributed by atoms with Crippen molar-refractivity contribution in [3.05, 3.63) is 65.1 Å². The number of carbonyl (C=O) groups excluding carboxylic acids is 1. The van der Waals surface area contributed by atoms with Crippen molar-refractivity contribution in [1.29, 1.82) is 0 Å². The van der Waals surface area contributed by atoms with E-state index >= 15 is 0 Å². The Morgan fingerprint density at radius 2 is 1.91 bits per heavy atom. The topological polar surface area (TPSA) is 83.5 Å². The van der Waals surface area contributed by atoms with Crippen LogP contribution in [-0.2, 0) is 9.84 Å². The molecule has 0 spiro atoms. The minimum atomic E-state index is -4.57. The monoisotopic (exact) mass is 496 g/mol. The largest absolute Gasteiger partial charge is 0.414 e. The summed E-state index contributed by atoms with van der Waals surface area (Å²) < 4.78 is 79.0. The minimum Gasteiger partial charge on any atom is -0.372 e. The maximum Gasteiger partial charge on any atom is 0.414 e. The molecular weight excluding hydrogens is 476 g/mol. The van der Waals surface area contributed by atoms with Crippen molar-refractivity contribution < 1.29 is 30.8 Å². The summed E-state index contributed by atoms with van der Waals surface area (Å²) in [5.74, 6) is -1.72. The van der Waals surface area contributed by atoms with E-state index in [0.29, 0.717) is 12.1 Å². The highest BCUT2D eigenvalue weighted by atomic mass is 32.2. The maximum absolute atomic E-state index is 13.4. The summed E-state index contributed by atoms with van der Waals surface area (Å²) in [5.41, 5.74) is -0.0533. The third-order valence-electron chi connectivity index (χ3n) is 5.74. The standard InChI is InChI=1S/C22H20F4N4O3S/c1-3-34(32,33)19-8-13(16-5-4-15(23)11-27-16)10-28-20(19)21(31)30-7-6-17-18(30)9-14(12-29(17)2)22(24,25)26/h4-5,8-11H,3,6-7,12H2,1-2H3. The molecule has 4 heterocycles. The van der Waals surface area contributed by atoms with Crippen molar-refractivity contribution in [1.82, 2.24) is 19.8 Å². The molecule has 7 nitrogen and oxygen atoms in total. The SMILES string of the molecule is CCS(=O)(=O)c1cc(-c2ccc(F)cn2)cnc1C(=O)N1CCC2=C1C=C(C(F)(F)F)CN2C. The van der Waals surface area contributed by atoms with Crippen molar-refractivity contribution in [2.24, 2.45) is 0 Å². The first-order chi connectivity index (χ1) is 15.9. The van der Waals surface area contributed by atoms with E-state index in [1.807, 2.05) is 0 Å². The summed E-state index contributed by atoms with van der Waals surface area (Å²) in [6.07, 6.45) is -1.11. The molecule has 0 radical (unpaired) electrons. The summed E-state index contributed by atoms with van der Waals surface area (Å²) in [7, 11) is -2.44. The average molecular weight is 496 g/mol. The summed E-state index contributed by atoms with van der Waals surface area (Å²) in [6.45, 7) is 1.15. The molecule has 2 aromatic heterocycles. The number of halogens is 4. The van der Waals surface area contributed by atoms with Gasteiger partial charge >= 0.3 is 6.18 Å². The van der Waals surface area contributed by atoms with E-state index in [9.17, 15) is 30.8 Å². The van der Waals surface area contributed by atoms with Gasteiger partial charge in [-0.15, -0.1) is 0 Å². The normalized spacial score (nSPS) is 16.6. The third kappa shape index (κ3) is 4.29. The number of pyridine rings is 2. The number of sulfone groups is 1. The van der Waals surface area contributed by atoms with Crippen molar-refractivity contribution in [3.8, 4) is 11.3 Å². The Morgan fingerprint density at radius 3 is 2.53 bits per heavy atom. The number of likely N-dealkylation sites (N-methyl/N-ethyl adjacent to an activating group) is 1. The van der Waals surface area contributed by atoms with E-state index in [1.54, 1.807) is 0 Å². The van der Waals surface area contributed by atoms with Crippen LogP contribution in [0, 0.1) is 5.82 Å². The van der Waals surface area contributed by atoms with Gasteiger partial charge in [-0.3, -0.25) is 9.78 Å². The fourth-order valence-electron chi connectivity index (χ4n) is 3.93. The van der Waals surface area contributed by atoms with Gasteiger partial charge in [0.2, 0.25) is 0 Å². The van der Waals surface area contributed by atoms with Crippen molar-refractivity contribution in [2.45, 2.75) is 24.4 Å². The van der Waals surface area contributed by atoms with Crippen LogP contribution in [0.15, 0.2) is 58.5 Å². The zero-order valence-corrected chi connectivity index (χ0v) is 19.0. The lowest BCUT2D eigenvalue weighted by Crippen LogP contribution is -2.34. The summed E-state index contributed by atoms with van der Waals surface area (Å²) in [6, 6.07) is 3.72. The van der Waals surface area contributed by atoms with E-state index in [4.69, 9.17) is 0 Å². The molecule has 180 valence electrons. The molecule has 1 amide bonds.